The maximum atomic E-state index is 13.9. The molecule has 0 aliphatic heterocycles. The summed E-state index contributed by atoms with van der Waals surface area (Å²) < 4.78 is 453. The van der Waals surface area contributed by atoms with Gasteiger partial charge in [-0.2, -0.15) is 61.5 Å². The lowest BCUT2D eigenvalue weighted by molar-refractivity contribution is -0.190. The average Bonchev–Trinajstić information content (AvgIpc) is 0.805. The van der Waals surface area contributed by atoms with E-state index in [9.17, 15) is 136 Å². The molecule has 0 bridgehead atoms. The molecule has 0 radical (unpaired) electrons. The lowest BCUT2D eigenvalue weighted by atomic mass is 10.1. The highest BCUT2D eigenvalue weighted by Gasteiger charge is 2.45. The van der Waals surface area contributed by atoms with E-state index >= 15 is 0 Å². The zero-order valence-corrected chi connectivity index (χ0v) is 77.1. The molecule has 0 aliphatic carbocycles. The SMILES string of the molecule is Cc1cc(F)c(OC(F)(F)c2cc(F)c(C)c(F)c2)c(F)c1.Cc1cc(F)c(OC(F)(F)c2ccc(C)c(F)c2)c(F)c1.Cc1ccc(C(F)(F)Oc2c(F)cc(C)cc2F)c(F)c1.Cc1ccc(C(F)(F)Oc2c(F)cc(C)cc2F)cc1.Cc1ccc(C(F)(F)Oc2cc(F)c(C)c(F)c2)c(F)c1.Cc1ccc(OC(F)(F)c2ccc(C)cc2)cc1.Cc1ccc(OC(F)(F)c2ccc(C)cc2F)c(F)c1. The Morgan fingerprint density at radius 2 is 0.378 bits per heavy atom. The van der Waals surface area contributed by atoms with Crippen LogP contribution in [-0.4, -0.2) is 0 Å². The molecule has 143 heavy (non-hydrogen) atoms. The Bertz CT molecular complexity index is 6680. The number of benzene rings is 14. The highest BCUT2D eigenvalue weighted by atomic mass is 19.3. The fourth-order valence-electron chi connectivity index (χ4n) is 12.1. The molecule has 0 aromatic heterocycles. The van der Waals surface area contributed by atoms with E-state index in [0.717, 1.165) is 152 Å². The van der Waals surface area contributed by atoms with Crippen molar-refractivity contribution in [1.82, 2.24) is 0 Å². The monoisotopic (exact) mass is 2040 g/mol. The van der Waals surface area contributed by atoms with Gasteiger partial charge in [0.2, 0.25) is 0 Å². The average molecular weight is 2040 g/mol. The van der Waals surface area contributed by atoms with Crippen LogP contribution in [0.3, 0.4) is 0 Å². The lowest BCUT2D eigenvalue weighted by Crippen LogP contribution is -2.24. The zero-order valence-electron chi connectivity index (χ0n) is 77.1. The van der Waals surface area contributed by atoms with Gasteiger partial charge in [-0.05, 0) is 305 Å². The van der Waals surface area contributed by atoms with Crippen molar-refractivity contribution in [3.63, 3.8) is 0 Å². The van der Waals surface area contributed by atoms with Gasteiger partial charge in [0.25, 0.3) is 0 Å². The van der Waals surface area contributed by atoms with E-state index in [1.165, 1.54) is 109 Å². The van der Waals surface area contributed by atoms with Crippen molar-refractivity contribution in [3.05, 3.63) is 452 Å². The molecule has 14 aromatic rings. The maximum Gasteiger partial charge on any atom is 0.429 e. The second-order valence-electron chi connectivity index (χ2n) is 32.0. The number of rotatable bonds is 21. The summed E-state index contributed by atoms with van der Waals surface area (Å²) in [6.07, 6.45) is -27.7. The van der Waals surface area contributed by atoms with Crippen LogP contribution in [0.1, 0.15) is 117 Å². The summed E-state index contributed by atoms with van der Waals surface area (Å²) in [6, 6.07) is 42.1. The first-order valence-electron chi connectivity index (χ1n) is 41.5. The predicted octanol–water partition coefficient (Wildman–Crippen LogP) is 33.4. The second-order valence-corrected chi connectivity index (χ2v) is 32.0. The lowest BCUT2D eigenvalue weighted by Gasteiger charge is -2.20. The van der Waals surface area contributed by atoms with Gasteiger partial charge in [-0.15, -0.1) is 0 Å². The van der Waals surface area contributed by atoms with Gasteiger partial charge >= 0.3 is 42.8 Å². The Balaban J connectivity index is 0.000000204. The van der Waals surface area contributed by atoms with Crippen LogP contribution in [0.4, 0.5) is 136 Å². The summed E-state index contributed by atoms with van der Waals surface area (Å²) in [6.45, 7) is 21.0. The van der Waals surface area contributed by atoms with E-state index in [1.807, 2.05) is 13.8 Å². The van der Waals surface area contributed by atoms with Crippen LogP contribution in [0.25, 0.3) is 0 Å². The molecule has 0 N–H and O–H groups in total. The molecule has 0 aliphatic rings. The Labute approximate surface area is 798 Å². The van der Waals surface area contributed by atoms with Crippen LogP contribution in [0.15, 0.2) is 237 Å². The number of ether oxygens (including phenoxy) is 7. The Hall–Kier alpha value is -14.5. The van der Waals surface area contributed by atoms with E-state index in [-0.39, 0.29) is 44.7 Å². The molecule has 0 heterocycles. The highest BCUT2D eigenvalue weighted by molar-refractivity contribution is 5.41. The molecule has 0 fully saturated rings. The van der Waals surface area contributed by atoms with Crippen molar-refractivity contribution in [3.8, 4) is 40.2 Å². The van der Waals surface area contributed by atoms with Crippen LogP contribution < -0.4 is 33.2 Å². The summed E-state index contributed by atoms with van der Waals surface area (Å²) in [4.78, 5) is 0. The fraction of sp³-hybridized carbons (Fsp3) is 0.200. The minimum atomic E-state index is -4.31. The first kappa shape index (κ1) is 114. The third kappa shape index (κ3) is 31.3. The molecular weight excluding hydrogens is 1960 g/mol. The van der Waals surface area contributed by atoms with Gasteiger partial charge in [0.15, 0.2) is 81.1 Å². The molecule has 0 atom stereocenters. The molecule has 14 aromatic carbocycles. The van der Waals surface area contributed by atoms with Gasteiger partial charge in [-0.1, -0.05) is 83.4 Å². The number of alkyl halides is 14. The topological polar surface area (TPSA) is 64.6 Å². The van der Waals surface area contributed by atoms with Crippen molar-refractivity contribution in [1.29, 1.82) is 0 Å². The molecule has 0 unspecified atom stereocenters. The molecule has 0 amide bonds. The number of hydrogen-bond acceptors (Lipinski definition) is 7. The summed E-state index contributed by atoms with van der Waals surface area (Å²) in [7, 11) is 0. The minimum absolute atomic E-state index is 0.145. The molecule has 0 saturated carbocycles. The van der Waals surface area contributed by atoms with E-state index in [4.69, 9.17) is 4.74 Å². The fourth-order valence-corrected chi connectivity index (χ4v) is 12.1. The Kier molecular flexibility index (Phi) is 37.3. The number of halogens is 31. The van der Waals surface area contributed by atoms with Crippen molar-refractivity contribution >= 4 is 0 Å². The van der Waals surface area contributed by atoms with Crippen molar-refractivity contribution in [2.45, 2.75) is 140 Å². The van der Waals surface area contributed by atoms with Crippen molar-refractivity contribution in [2.24, 2.45) is 0 Å². The molecule has 7 nitrogen and oxygen atoms in total. The summed E-state index contributed by atoms with van der Waals surface area (Å²) in [5, 5.41) is 0. The standard InChI is InChI=1S/C15H10F6O.3C15H11F5O.2C15H12F4O.C15H14F2O/c1-7-3-12(18)14(13(19)4-7)22-15(20,21)9-5-10(16)8(2)11(17)6-9;1-8-5-12(17)14(13(18)6-8)21-15(19,20)10-4-3-9(2)11(16)7-10;1-8-3-4-11(14(18)5-8)15(19,20)21-10-6-12(16)9(2)13(17)7-10;1-8-3-4-10(11(16)5-8)15(19,20)21-14-12(17)6-9(2)7-13(14)18;1-9-3-5-11(12(16)7-9)15(18,19)20-14-6-4-10(2)8-13(14)17;1-9-3-5-11(6-4-9)15(18,19)20-14-12(16)7-10(2)8-13(14)17;1-11-3-7-13(8-4-11)15(16,17)18-14-9-5-12(2)6-10-14/h3-6H,1-2H3;3*3-7H,1-2H3;2*3-8H,1-2H3;3-10H,1-2H3. The van der Waals surface area contributed by atoms with Crippen LogP contribution in [0.2, 0.25) is 0 Å². The van der Waals surface area contributed by atoms with Crippen LogP contribution >= 0.6 is 0 Å². The van der Waals surface area contributed by atoms with Gasteiger partial charge in [0, 0.05) is 23.3 Å². The van der Waals surface area contributed by atoms with E-state index in [2.05, 4.69) is 28.4 Å². The molecule has 14 rings (SSSR count). The van der Waals surface area contributed by atoms with E-state index < -0.39 is 215 Å². The molecular formula is C105H81F31O7. The quantitative estimate of drug-likeness (QED) is 0.0664. The van der Waals surface area contributed by atoms with Gasteiger partial charge in [0.1, 0.15) is 58.0 Å². The van der Waals surface area contributed by atoms with Crippen LogP contribution in [0, 0.1) is 196 Å². The third-order valence-electron chi connectivity index (χ3n) is 19.8. The number of hydrogen-bond donors (Lipinski definition) is 0. The van der Waals surface area contributed by atoms with Crippen molar-refractivity contribution in [2.75, 3.05) is 0 Å². The smallest absolute Gasteiger partial charge is 0.429 e. The maximum absolute atomic E-state index is 13.9. The van der Waals surface area contributed by atoms with Gasteiger partial charge in [-0.3, -0.25) is 0 Å². The summed E-state index contributed by atoms with van der Waals surface area (Å²) in [5.41, 5.74) is -0.681. The van der Waals surface area contributed by atoms with E-state index in [1.54, 1.807) is 45.0 Å². The van der Waals surface area contributed by atoms with Gasteiger partial charge < -0.3 is 33.2 Å². The summed E-state index contributed by atoms with van der Waals surface area (Å²) >= 11 is 0. The van der Waals surface area contributed by atoms with E-state index in [0.29, 0.717) is 52.6 Å². The minimum Gasteiger partial charge on any atom is -0.429 e. The molecule has 38 heteroatoms. The van der Waals surface area contributed by atoms with Crippen LogP contribution in [0.5, 0.6) is 40.2 Å². The normalized spacial score (nSPS) is 11.5. The second kappa shape index (κ2) is 46.9. The van der Waals surface area contributed by atoms with Gasteiger partial charge in [-0.25, -0.2) is 74.6 Å². The first-order valence-corrected chi connectivity index (χ1v) is 41.5. The summed E-state index contributed by atoms with van der Waals surface area (Å²) in [5.74, 6) is -25.8. The highest BCUT2D eigenvalue weighted by Crippen LogP contribution is 2.44. The van der Waals surface area contributed by atoms with Crippen LogP contribution in [-0.2, 0) is 42.8 Å². The van der Waals surface area contributed by atoms with Gasteiger partial charge in [0.05, 0.1) is 38.9 Å². The number of aryl methyl sites for hydroxylation is 12. The molecule has 0 spiro atoms. The molecule has 760 valence electrons. The van der Waals surface area contributed by atoms with Crippen molar-refractivity contribution < 1.29 is 169 Å². The predicted molar refractivity (Wildman–Crippen MR) is 467 cm³/mol. The Morgan fingerprint density at radius 3 is 0.685 bits per heavy atom. The largest absolute Gasteiger partial charge is 0.429 e. The zero-order chi connectivity index (χ0) is 107. The third-order valence-corrected chi connectivity index (χ3v) is 19.8. The molecule has 0 saturated heterocycles. The Morgan fingerprint density at radius 1 is 0.154 bits per heavy atom. The first-order chi connectivity index (χ1) is 66.3.